The average Bonchev–Trinajstić information content (AvgIpc) is 2.76. The molecule has 2 aromatic rings. The summed E-state index contributed by atoms with van der Waals surface area (Å²) in [6.45, 7) is 2.04. The molecule has 0 bridgehead atoms. The first kappa shape index (κ1) is 13.5. The Morgan fingerprint density at radius 1 is 1.00 bits per heavy atom. The minimum Gasteiger partial charge on any atom is -0.493 e. The maximum absolute atomic E-state index is 6.02. The number of aryl methyl sites for hydroxylation is 1. The van der Waals surface area contributed by atoms with E-state index in [1.54, 1.807) is 32.7 Å². The summed E-state index contributed by atoms with van der Waals surface area (Å²) in [7, 11) is 4.79. The summed E-state index contributed by atoms with van der Waals surface area (Å²) < 4.78 is 16.0. The van der Waals surface area contributed by atoms with E-state index in [1.165, 1.54) is 0 Å². The third-order valence-electron chi connectivity index (χ3n) is 2.96. The summed E-state index contributed by atoms with van der Waals surface area (Å²) in [6.07, 6.45) is 0. The van der Waals surface area contributed by atoms with E-state index < -0.39 is 0 Å². The van der Waals surface area contributed by atoms with Crippen molar-refractivity contribution in [3.8, 4) is 28.4 Å². The topological polar surface area (TPSA) is 53.7 Å². The summed E-state index contributed by atoms with van der Waals surface area (Å²) in [6, 6.07) is 3.82. The maximum Gasteiger partial charge on any atom is 0.203 e. The van der Waals surface area contributed by atoms with E-state index in [0.717, 1.165) is 21.7 Å². The summed E-state index contributed by atoms with van der Waals surface area (Å²) in [4.78, 5) is 1.16. The Morgan fingerprint density at radius 3 is 1.95 bits per heavy atom. The molecule has 0 aliphatic heterocycles. The van der Waals surface area contributed by atoms with Gasteiger partial charge in [-0.2, -0.15) is 0 Å². The summed E-state index contributed by atoms with van der Waals surface area (Å²) >= 11 is 1.62. The van der Waals surface area contributed by atoms with Crippen molar-refractivity contribution in [2.75, 3.05) is 27.1 Å². The van der Waals surface area contributed by atoms with Crippen molar-refractivity contribution in [3.05, 3.63) is 22.4 Å². The van der Waals surface area contributed by atoms with Crippen molar-refractivity contribution in [1.82, 2.24) is 0 Å². The van der Waals surface area contributed by atoms with Crippen LogP contribution in [0.4, 0.5) is 5.69 Å². The van der Waals surface area contributed by atoms with Gasteiger partial charge < -0.3 is 19.9 Å². The lowest BCUT2D eigenvalue weighted by Crippen LogP contribution is -1.96. The van der Waals surface area contributed by atoms with Gasteiger partial charge in [0.25, 0.3) is 0 Å². The zero-order valence-electron chi connectivity index (χ0n) is 11.4. The van der Waals surface area contributed by atoms with E-state index in [0.29, 0.717) is 17.2 Å². The van der Waals surface area contributed by atoms with Gasteiger partial charge in [0, 0.05) is 15.8 Å². The second kappa shape index (κ2) is 5.40. The molecule has 0 atom stereocenters. The number of methoxy groups -OCH3 is 3. The summed E-state index contributed by atoms with van der Waals surface area (Å²) in [5, 5.41) is 1.94. The van der Waals surface area contributed by atoms with Gasteiger partial charge in [-0.05, 0) is 24.6 Å². The van der Waals surface area contributed by atoms with Gasteiger partial charge in [0.05, 0.1) is 27.0 Å². The lowest BCUT2D eigenvalue weighted by molar-refractivity contribution is 0.324. The lowest BCUT2D eigenvalue weighted by Gasteiger charge is -2.14. The van der Waals surface area contributed by atoms with Gasteiger partial charge >= 0.3 is 0 Å². The van der Waals surface area contributed by atoms with Crippen LogP contribution in [-0.4, -0.2) is 21.3 Å². The Hall–Kier alpha value is -1.88. The quantitative estimate of drug-likeness (QED) is 0.932. The predicted molar refractivity (Wildman–Crippen MR) is 78.6 cm³/mol. The largest absolute Gasteiger partial charge is 0.493 e. The molecule has 4 nitrogen and oxygen atoms in total. The third-order valence-corrected chi connectivity index (χ3v) is 3.89. The number of rotatable bonds is 4. The Morgan fingerprint density at radius 2 is 1.58 bits per heavy atom. The fourth-order valence-corrected chi connectivity index (χ4v) is 2.84. The molecular formula is C14H17NO3S. The number of anilines is 1. The van der Waals surface area contributed by atoms with Crippen LogP contribution in [0.25, 0.3) is 11.1 Å². The highest BCUT2D eigenvalue weighted by molar-refractivity contribution is 7.11. The van der Waals surface area contributed by atoms with Gasteiger partial charge in [0.1, 0.15) is 0 Å². The van der Waals surface area contributed by atoms with Gasteiger partial charge in [-0.25, -0.2) is 0 Å². The van der Waals surface area contributed by atoms with Crippen LogP contribution in [0.1, 0.15) is 4.88 Å². The molecule has 2 rings (SSSR count). The van der Waals surface area contributed by atoms with Crippen molar-refractivity contribution in [2.45, 2.75) is 6.92 Å². The molecule has 0 aliphatic rings. The minimum atomic E-state index is 0.584. The fraction of sp³-hybridized carbons (Fsp3) is 0.286. The van der Waals surface area contributed by atoms with Crippen LogP contribution in [-0.2, 0) is 0 Å². The number of hydrogen-bond donors (Lipinski definition) is 1. The first-order valence-electron chi connectivity index (χ1n) is 5.76. The second-order valence-electron chi connectivity index (χ2n) is 4.04. The van der Waals surface area contributed by atoms with Crippen LogP contribution in [0.2, 0.25) is 0 Å². The number of nitrogens with two attached hydrogens (primary N) is 1. The average molecular weight is 279 g/mol. The molecule has 1 aromatic carbocycles. The molecule has 0 amide bonds. The summed E-state index contributed by atoms with van der Waals surface area (Å²) in [5.74, 6) is 1.84. The fourth-order valence-electron chi connectivity index (χ4n) is 2.07. The highest BCUT2D eigenvalue weighted by Crippen LogP contribution is 2.44. The van der Waals surface area contributed by atoms with Gasteiger partial charge in [-0.15, -0.1) is 11.3 Å². The van der Waals surface area contributed by atoms with Crippen molar-refractivity contribution in [3.63, 3.8) is 0 Å². The zero-order chi connectivity index (χ0) is 14.0. The summed E-state index contributed by atoms with van der Waals surface area (Å²) in [5.41, 5.74) is 8.77. The van der Waals surface area contributed by atoms with E-state index in [9.17, 15) is 0 Å². The zero-order valence-corrected chi connectivity index (χ0v) is 12.3. The number of nitrogen functional groups attached to an aromatic ring is 1. The van der Waals surface area contributed by atoms with Crippen molar-refractivity contribution >= 4 is 17.0 Å². The maximum atomic E-state index is 6.02. The van der Waals surface area contributed by atoms with Crippen molar-refractivity contribution in [1.29, 1.82) is 0 Å². The highest BCUT2D eigenvalue weighted by Gasteiger charge is 2.17. The molecule has 2 N–H and O–H groups in total. The number of ether oxygens (including phenoxy) is 3. The SMILES string of the molecule is COc1cc(-c2c(N)csc2C)cc(OC)c1OC. The first-order chi connectivity index (χ1) is 9.12. The van der Waals surface area contributed by atoms with Crippen molar-refractivity contribution in [2.24, 2.45) is 0 Å². The first-order valence-corrected chi connectivity index (χ1v) is 6.64. The van der Waals surface area contributed by atoms with Crippen LogP contribution in [0.5, 0.6) is 17.2 Å². The van der Waals surface area contributed by atoms with Gasteiger partial charge in [0.15, 0.2) is 11.5 Å². The van der Waals surface area contributed by atoms with Crippen molar-refractivity contribution < 1.29 is 14.2 Å². The molecule has 0 aliphatic carbocycles. The van der Waals surface area contributed by atoms with E-state index in [2.05, 4.69) is 0 Å². The Bertz CT molecular complexity index is 548. The third kappa shape index (κ3) is 2.33. The van der Waals surface area contributed by atoms with Crippen LogP contribution < -0.4 is 19.9 Å². The molecule has 19 heavy (non-hydrogen) atoms. The van der Waals surface area contributed by atoms with Crippen LogP contribution in [0.3, 0.4) is 0 Å². The second-order valence-corrected chi connectivity index (χ2v) is 5.12. The lowest BCUT2D eigenvalue weighted by atomic mass is 10.0. The van der Waals surface area contributed by atoms with Crippen LogP contribution in [0, 0.1) is 6.92 Å². The van der Waals surface area contributed by atoms with Gasteiger partial charge in [-0.3, -0.25) is 0 Å². The highest BCUT2D eigenvalue weighted by atomic mass is 32.1. The number of thiophene rings is 1. The predicted octanol–water partition coefficient (Wildman–Crippen LogP) is 3.33. The molecule has 0 unspecified atom stereocenters. The molecular weight excluding hydrogens is 262 g/mol. The Labute approximate surface area is 116 Å². The monoisotopic (exact) mass is 279 g/mol. The molecule has 0 radical (unpaired) electrons. The van der Waals surface area contributed by atoms with E-state index in [1.807, 2.05) is 24.4 Å². The molecule has 5 heteroatoms. The van der Waals surface area contributed by atoms with E-state index in [4.69, 9.17) is 19.9 Å². The van der Waals surface area contributed by atoms with E-state index in [-0.39, 0.29) is 0 Å². The Kier molecular flexibility index (Phi) is 3.85. The number of hydrogen-bond acceptors (Lipinski definition) is 5. The molecule has 0 spiro atoms. The van der Waals surface area contributed by atoms with Gasteiger partial charge in [-0.1, -0.05) is 0 Å². The van der Waals surface area contributed by atoms with Crippen LogP contribution in [0.15, 0.2) is 17.5 Å². The molecule has 0 saturated heterocycles. The number of benzene rings is 1. The van der Waals surface area contributed by atoms with Gasteiger partial charge in [0.2, 0.25) is 5.75 Å². The smallest absolute Gasteiger partial charge is 0.203 e. The Balaban J connectivity index is 2.66. The standard InChI is InChI=1S/C14H17NO3S/c1-8-13(10(15)7-19-8)9-5-11(16-2)14(18-4)12(6-9)17-3/h5-7H,15H2,1-4H3. The van der Waals surface area contributed by atoms with E-state index >= 15 is 0 Å². The molecule has 102 valence electrons. The molecule has 0 saturated carbocycles. The normalized spacial score (nSPS) is 10.3. The molecule has 0 fully saturated rings. The molecule has 1 aromatic heterocycles. The molecule has 1 heterocycles. The minimum absolute atomic E-state index is 0.584. The van der Waals surface area contributed by atoms with Crippen LogP contribution >= 0.6 is 11.3 Å².